The van der Waals surface area contributed by atoms with Gasteiger partial charge in [-0.3, -0.25) is 4.79 Å². The molecule has 1 saturated heterocycles. The normalized spacial score (nSPS) is 17.2. The van der Waals surface area contributed by atoms with Crippen LogP contribution in [0.25, 0.3) is 0 Å². The van der Waals surface area contributed by atoms with Crippen LogP contribution in [0.5, 0.6) is 0 Å². The molecule has 1 aliphatic heterocycles. The van der Waals surface area contributed by atoms with E-state index in [-0.39, 0.29) is 43.3 Å². The first-order chi connectivity index (χ1) is 9.30. The van der Waals surface area contributed by atoms with Crippen molar-refractivity contribution in [3.05, 3.63) is 17.8 Å². The first-order valence-corrected chi connectivity index (χ1v) is 5.83. The quantitative estimate of drug-likeness (QED) is 0.895. The maximum Gasteiger partial charge on any atom is 0.471 e. The highest BCUT2D eigenvalue weighted by atomic mass is 19.4. The molecule has 0 spiro atoms. The van der Waals surface area contributed by atoms with Crippen LogP contribution in [0.2, 0.25) is 0 Å². The van der Waals surface area contributed by atoms with Gasteiger partial charge < -0.3 is 14.4 Å². The molecule has 2 rings (SSSR count). The molecule has 1 aromatic rings. The van der Waals surface area contributed by atoms with E-state index in [4.69, 9.17) is 9.52 Å². The van der Waals surface area contributed by atoms with Gasteiger partial charge in [0.25, 0.3) is 0 Å². The summed E-state index contributed by atoms with van der Waals surface area (Å²) in [6, 6.07) is 0. The second-order valence-electron chi connectivity index (χ2n) is 4.43. The third-order valence-corrected chi connectivity index (χ3v) is 3.19. The van der Waals surface area contributed by atoms with Crippen LogP contribution < -0.4 is 0 Å². The Morgan fingerprint density at radius 2 is 1.95 bits per heavy atom. The molecule has 0 atom stereocenters. The number of halogens is 3. The van der Waals surface area contributed by atoms with Gasteiger partial charge in [-0.1, -0.05) is 0 Å². The van der Waals surface area contributed by atoms with E-state index >= 15 is 0 Å². The fraction of sp³-hybridized carbons (Fsp3) is 0.545. The highest BCUT2D eigenvalue weighted by Gasteiger charge is 2.43. The van der Waals surface area contributed by atoms with Crippen LogP contribution in [-0.4, -0.2) is 46.1 Å². The number of piperidine rings is 1. The van der Waals surface area contributed by atoms with Gasteiger partial charge in [0.2, 0.25) is 0 Å². The Kier molecular flexibility index (Phi) is 3.69. The molecular formula is C11H11F3N2O4. The number of hydrogen-bond acceptors (Lipinski definition) is 4. The van der Waals surface area contributed by atoms with Crippen LogP contribution in [0.3, 0.4) is 0 Å². The molecule has 1 aliphatic rings. The van der Waals surface area contributed by atoms with E-state index in [1.54, 1.807) is 0 Å². The van der Waals surface area contributed by atoms with E-state index < -0.39 is 18.1 Å². The number of amides is 1. The smallest absolute Gasteiger partial charge is 0.471 e. The van der Waals surface area contributed by atoms with Crippen molar-refractivity contribution in [1.82, 2.24) is 9.88 Å². The van der Waals surface area contributed by atoms with Crippen LogP contribution in [-0.2, 0) is 4.79 Å². The zero-order chi connectivity index (χ0) is 14.9. The maximum absolute atomic E-state index is 12.3. The van der Waals surface area contributed by atoms with Gasteiger partial charge in [-0.25, -0.2) is 9.78 Å². The zero-order valence-corrected chi connectivity index (χ0v) is 10.2. The lowest BCUT2D eigenvalue weighted by Gasteiger charge is -2.31. The van der Waals surface area contributed by atoms with E-state index in [0.29, 0.717) is 4.90 Å². The van der Waals surface area contributed by atoms with Crippen LogP contribution in [0, 0.1) is 0 Å². The zero-order valence-electron chi connectivity index (χ0n) is 10.2. The fourth-order valence-corrected chi connectivity index (χ4v) is 2.23. The Bertz CT molecular complexity index is 518. The van der Waals surface area contributed by atoms with E-state index in [1.807, 2.05) is 0 Å². The van der Waals surface area contributed by atoms with E-state index in [0.717, 1.165) is 6.39 Å². The van der Waals surface area contributed by atoms with Gasteiger partial charge in [-0.15, -0.1) is 0 Å². The number of carbonyl (C=O) groups excluding carboxylic acids is 1. The van der Waals surface area contributed by atoms with Gasteiger partial charge in [0.05, 0.1) is 0 Å². The molecule has 0 unspecified atom stereocenters. The summed E-state index contributed by atoms with van der Waals surface area (Å²) in [6.07, 6.45) is -3.48. The Balaban J connectivity index is 2.03. The van der Waals surface area contributed by atoms with Gasteiger partial charge in [0.15, 0.2) is 12.1 Å². The minimum Gasteiger partial charge on any atom is -0.476 e. The topological polar surface area (TPSA) is 83.6 Å². The summed E-state index contributed by atoms with van der Waals surface area (Å²) >= 11 is 0. The molecule has 1 aromatic heterocycles. The number of nitrogens with zero attached hydrogens (tertiary/aromatic N) is 2. The fourth-order valence-electron chi connectivity index (χ4n) is 2.23. The Hall–Kier alpha value is -2.06. The predicted octanol–water partition coefficient (Wildman–Crippen LogP) is 1.64. The van der Waals surface area contributed by atoms with Crippen molar-refractivity contribution < 1.29 is 32.3 Å². The molecular weight excluding hydrogens is 281 g/mol. The second kappa shape index (κ2) is 5.14. The number of aromatic carboxylic acids is 1. The van der Waals surface area contributed by atoms with E-state index in [2.05, 4.69) is 4.98 Å². The molecule has 0 aliphatic carbocycles. The molecule has 1 N–H and O–H groups in total. The van der Waals surface area contributed by atoms with Crippen LogP contribution >= 0.6 is 0 Å². The van der Waals surface area contributed by atoms with Gasteiger partial charge in [0.1, 0.15) is 5.76 Å². The highest BCUT2D eigenvalue weighted by Crippen LogP contribution is 2.31. The van der Waals surface area contributed by atoms with Crippen molar-refractivity contribution in [3.8, 4) is 0 Å². The number of likely N-dealkylation sites (tertiary alicyclic amines) is 1. The SMILES string of the molecule is O=C(O)c1ncoc1C1CCN(C(=O)C(F)(F)F)CC1. The second-order valence-corrected chi connectivity index (χ2v) is 4.43. The van der Waals surface area contributed by atoms with Crippen molar-refractivity contribution in [3.63, 3.8) is 0 Å². The highest BCUT2D eigenvalue weighted by molar-refractivity contribution is 5.86. The Morgan fingerprint density at radius 1 is 1.35 bits per heavy atom. The lowest BCUT2D eigenvalue weighted by Crippen LogP contribution is -2.45. The van der Waals surface area contributed by atoms with Crippen LogP contribution in [0.15, 0.2) is 10.8 Å². The minimum absolute atomic E-state index is 0.0945. The maximum atomic E-state index is 12.3. The third-order valence-electron chi connectivity index (χ3n) is 3.19. The summed E-state index contributed by atoms with van der Waals surface area (Å²) < 4.78 is 41.8. The molecule has 0 aromatic carbocycles. The van der Waals surface area contributed by atoms with Gasteiger partial charge in [-0.2, -0.15) is 13.2 Å². The predicted molar refractivity (Wildman–Crippen MR) is 58.1 cm³/mol. The Morgan fingerprint density at radius 3 is 2.45 bits per heavy atom. The summed E-state index contributed by atoms with van der Waals surface area (Å²) in [4.78, 5) is 26.2. The number of aromatic nitrogens is 1. The lowest BCUT2D eigenvalue weighted by molar-refractivity contribution is -0.186. The van der Waals surface area contributed by atoms with Crippen molar-refractivity contribution in [2.75, 3.05) is 13.1 Å². The molecule has 1 amide bonds. The number of carboxylic acid groups (broad SMARTS) is 1. The molecule has 0 saturated carbocycles. The number of hydrogen-bond donors (Lipinski definition) is 1. The first kappa shape index (κ1) is 14.4. The van der Waals surface area contributed by atoms with Crippen molar-refractivity contribution in [2.24, 2.45) is 0 Å². The molecule has 110 valence electrons. The van der Waals surface area contributed by atoms with Crippen LogP contribution in [0.4, 0.5) is 13.2 Å². The number of carboxylic acids is 1. The average molecular weight is 292 g/mol. The molecule has 0 radical (unpaired) electrons. The lowest BCUT2D eigenvalue weighted by atomic mass is 9.93. The summed E-state index contributed by atoms with van der Waals surface area (Å²) in [5.41, 5.74) is -0.231. The summed E-state index contributed by atoms with van der Waals surface area (Å²) in [5.74, 6) is -3.31. The molecule has 2 heterocycles. The molecule has 0 bridgehead atoms. The molecule has 6 nitrogen and oxygen atoms in total. The number of alkyl halides is 3. The monoisotopic (exact) mass is 292 g/mol. The van der Waals surface area contributed by atoms with Crippen molar-refractivity contribution in [1.29, 1.82) is 0 Å². The van der Waals surface area contributed by atoms with E-state index in [1.165, 1.54) is 0 Å². The number of carbonyl (C=O) groups is 2. The largest absolute Gasteiger partial charge is 0.476 e. The number of oxazole rings is 1. The standard InChI is InChI=1S/C11H11F3N2O4/c12-11(13,14)10(19)16-3-1-6(2-4-16)8-7(9(17)18)15-5-20-8/h5-6H,1-4H2,(H,17,18). The van der Waals surface area contributed by atoms with E-state index in [9.17, 15) is 22.8 Å². The molecule has 20 heavy (non-hydrogen) atoms. The molecule has 9 heteroatoms. The Labute approximate surface area is 111 Å². The minimum atomic E-state index is -4.88. The number of rotatable bonds is 2. The van der Waals surface area contributed by atoms with Crippen LogP contribution in [0.1, 0.15) is 35.0 Å². The van der Waals surface area contributed by atoms with Crippen molar-refractivity contribution in [2.45, 2.75) is 24.9 Å². The molecule has 1 fully saturated rings. The average Bonchev–Trinajstić information content (AvgIpc) is 2.86. The van der Waals surface area contributed by atoms with Gasteiger partial charge in [0, 0.05) is 19.0 Å². The summed E-state index contributed by atoms with van der Waals surface area (Å²) in [6.45, 7) is -0.189. The summed E-state index contributed by atoms with van der Waals surface area (Å²) in [7, 11) is 0. The van der Waals surface area contributed by atoms with Gasteiger partial charge >= 0.3 is 18.1 Å². The third kappa shape index (κ3) is 2.75. The summed E-state index contributed by atoms with van der Waals surface area (Å²) in [5, 5.41) is 8.90. The first-order valence-electron chi connectivity index (χ1n) is 5.83. The van der Waals surface area contributed by atoms with Crippen molar-refractivity contribution >= 4 is 11.9 Å². The van der Waals surface area contributed by atoms with Gasteiger partial charge in [-0.05, 0) is 12.8 Å².